The molecule has 1 aromatic heterocycles. The maximum absolute atomic E-state index is 12.1. The number of aliphatic carboxylic acids is 1. The number of thioether (sulfide) groups is 1. The molecule has 37 heavy (non-hydrogen) atoms. The highest BCUT2D eigenvalue weighted by Gasteiger charge is 2.17. The zero-order chi connectivity index (χ0) is 26.5. The largest absolute Gasteiger partial charge is 0.496 e. The number of halogens is 4. The van der Waals surface area contributed by atoms with Crippen molar-refractivity contribution in [3.63, 3.8) is 0 Å². The Hall–Kier alpha value is -2.88. The van der Waals surface area contributed by atoms with E-state index in [4.69, 9.17) is 55.9 Å². The molecule has 0 atom stereocenters. The Kier molecular flexibility index (Phi) is 8.89. The van der Waals surface area contributed by atoms with Crippen LogP contribution in [0.5, 0.6) is 11.5 Å². The first-order chi connectivity index (χ1) is 17.7. The van der Waals surface area contributed by atoms with E-state index in [1.54, 1.807) is 54.6 Å². The molecule has 0 saturated carbocycles. The van der Waals surface area contributed by atoms with Gasteiger partial charge in [0.2, 0.25) is 5.16 Å². The lowest BCUT2D eigenvalue weighted by atomic mass is 10.2. The summed E-state index contributed by atoms with van der Waals surface area (Å²) in [5, 5.41) is 18.7. The summed E-state index contributed by atoms with van der Waals surface area (Å²) in [6.07, 6.45) is 1.44. The van der Waals surface area contributed by atoms with E-state index in [0.717, 1.165) is 17.3 Å². The van der Waals surface area contributed by atoms with E-state index >= 15 is 0 Å². The summed E-state index contributed by atoms with van der Waals surface area (Å²) in [6, 6.07) is 15.1. The summed E-state index contributed by atoms with van der Waals surface area (Å²) in [5.74, 6) is 0.162. The Labute approximate surface area is 236 Å². The molecular formula is C25H17Cl4N3O4S. The fourth-order valence-electron chi connectivity index (χ4n) is 3.21. The number of hydrogen-bond donors (Lipinski definition) is 2. The minimum Gasteiger partial charge on any atom is -0.496 e. The SMILES string of the molecule is COc1ccc(Cl)cc1-c1nc(S/C(=C\c2cc(Cl)ccc2OCc2ccc(Cl)c(Cl)c2)C(=O)O)n[nH]1. The number of ether oxygens (including phenoxy) is 2. The number of H-pyrrole nitrogens is 1. The maximum Gasteiger partial charge on any atom is 0.342 e. The monoisotopic (exact) mass is 595 g/mol. The molecule has 4 rings (SSSR count). The number of aromatic amines is 1. The molecule has 0 radical (unpaired) electrons. The van der Waals surface area contributed by atoms with Gasteiger partial charge >= 0.3 is 5.97 Å². The molecule has 1 heterocycles. The number of rotatable bonds is 9. The molecule has 3 aromatic carbocycles. The third-order valence-electron chi connectivity index (χ3n) is 4.93. The number of nitrogens with one attached hydrogen (secondary N) is 1. The van der Waals surface area contributed by atoms with E-state index in [1.807, 2.05) is 0 Å². The van der Waals surface area contributed by atoms with Gasteiger partial charge in [0, 0.05) is 15.6 Å². The minimum absolute atomic E-state index is 0.0507. The number of aromatic nitrogens is 3. The van der Waals surface area contributed by atoms with E-state index in [-0.39, 0.29) is 16.7 Å². The first-order valence-electron chi connectivity index (χ1n) is 10.5. The third kappa shape index (κ3) is 6.91. The van der Waals surface area contributed by atoms with Crippen molar-refractivity contribution in [2.75, 3.05) is 7.11 Å². The lowest BCUT2D eigenvalue weighted by Crippen LogP contribution is -2.00. The van der Waals surface area contributed by atoms with E-state index in [1.165, 1.54) is 13.2 Å². The van der Waals surface area contributed by atoms with Crippen LogP contribution in [0.15, 0.2) is 64.7 Å². The molecule has 0 amide bonds. The van der Waals surface area contributed by atoms with Gasteiger partial charge in [-0.3, -0.25) is 5.10 Å². The van der Waals surface area contributed by atoms with Gasteiger partial charge in [-0.25, -0.2) is 9.78 Å². The quantitative estimate of drug-likeness (QED) is 0.150. The van der Waals surface area contributed by atoms with Gasteiger partial charge in [-0.1, -0.05) is 52.5 Å². The van der Waals surface area contributed by atoms with Gasteiger partial charge in [0.25, 0.3) is 0 Å². The Morgan fingerprint density at radius 3 is 2.43 bits per heavy atom. The van der Waals surface area contributed by atoms with E-state index in [2.05, 4.69) is 15.2 Å². The summed E-state index contributed by atoms with van der Waals surface area (Å²) in [6.45, 7) is 0.181. The Balaban J connectivity index is 1.60. The Morgan fingerprint density at radius 1 is 1.00 bits per heavy atom. The lowest BCUT2D eigenvalue weighted by molar-refractivity contribution is -0.131. The van der Waals surface area contributed by atoms with Crippen molar-refractivity contribution in [3.8, 4) is 22.9 Å². The second-order valence-electron chi connectivity index (χ2n) is 7.45. The lowest BCUT2D eigenvalue weighted by Gasteiger charge is -2.11. The summed E-state index contributed by atoms with van der Waals surface area (Å²) in [7, 11) is 1.52. The molecule has 0 saturated heterocycles. The van der Waals surface area contributed by atoms with Crippen molar-refractivity contribution in [1.29, 1.82) is 0 Å². The zero-order valence-electron chi connectivity index (χ0n) is 19.0. The predicted octanol–water partition coefficient (Wildman–Crippen LogP) is 7.89. The van der Waals surface area contributed by atoms with Gasteiger partial charge < -0.3 is 14.6 Å². The topological polar surface area (TPSA) is 97.3 Å². The van der Waals surface area contributed by atoms with Crippen molar-refractivity contribution >= 4 is 70.2 Å². The first kappa shape index (κ1) is 27.2. The van der Waals surface area contributed by atoms with Crippen molar-refractivity contribution in [2.45, 2.75) is 11.8 Å². The minimum atomic E-state index is -1.17. The van der Waals surface area contributed by atoms with Crippen LogP contribution in [-0.4, -0.2) is 33.4 Å². The number of methoxy groups -OCH3 is 1. The number of nitrogens with zero attached hydrogens (tertiary/aromatic N) is 2. The molecule has 0 spiro atoms. The summed E-state index contributed by atoms with van der Waals surface area (Å²) >= 11 is 25.2. The number of carbonyl (C=O) groups is 1. The van der Waals surface area contributed by atoms with Gasteiger partial charge in [0.15, 0.2) is 5.82 Å². The van der Waals surface area contributed by atoms with Crippen LogP contribution in [0.3, 0.4) is 0 Å². The molecule has 4 aromatic rings. The van der Waals surface area contributed by atoms with Crippen LogP contribution in [0, 0.1) is 0 Å². The van der Waals surface area contributed by atoms with E-state index < -0.39 is 5.97 Å². The molecule has 2 N–H and O–H groups in total. The molecule has 0 aliphatic rings. The molecule has 0 aliphatic heterocycles. The normalized spacial score (nSPS) is 11.4. The van der Waals surface area contributed by atoms with Crippen LogP contribution in [0.2, 0.25) is 20.1 Å². The molecular weight excluding hydrogens is 580 g/mol. The number of hydrogen-bond acceptors (Lipinski definition) is 6. The molecule has 0 fully saturated rings. The van der Waals surface area contributed by atoms with Crippen molar-refractivity contribution in [3.05, 3.63) is 90.7 Å². The maximum atomic E-state index is 12.1. The van der Waals surface area contributed by atoms with Crippen LogP contribution in [0.1, 0.15) is 11.1 Å². The van der Waals surface area contributed by atoms with Crippen molar-refractivity contribution < 1.29 is 19.4 Å². The fraction of sp³-hybridized carbons (Fsp3) is 0.0800. The number of carboxylic acids is 1. The van der Waals surface area contributed by atoms with E-state index in [0.29, 0.717) is 48.5 Å². The Bertz CT molecular complexity index is 1490. The second kappa shape index (κ2) is 12.1. The molecule has 0 bridgehead atoms. The van der Waals surface area contributed by atoms with Crippen LogP contribution in [-0.2, 0) is 11.4 Å². The van der Waals surface area contributed by atoms with Crippen molar-refractivity contribution in [2.24, 2.45) is 0 Å². The van der Waals surface area contributed by atoms with Gasteiger partial charge in [-0.15, -0.1) is 5.10 Å². The van der Waals surface area contributed by atoms with Crippen LogP contribution < -0.4 is 9.47 Å². The van der Waals surface area contributed by atoms with Crippen LogP contribution >= 0.6 is 58.2 Å². The highest BCUT2D eigenvalue weighted by molar-refractivity contribution is 8.04. The summed E-state index contributed by atoms with van der Waals surface area (Å²) in [5.41, 5.74) is 1.84. The zero-order valence-corrected chi connectivity index (χ0v) is 22.8. The summed E-state index contributed by atoms with van der Waals surface area (Å²) in [4.78, 5) is 16.4. The van der Waals surface area contributed by atoms with Crippen molar-refractivity contribution in [1.82, 2.24) is 15.2 Å². The smallest absolute Gasteiger partial charge is 0.342 e. The van der Waals surface area contributed by atoms with Gasteiger partial charge in [0.1, 0.15) is 23.0 Å². The molecule has 190 valence electrons. The first-order valence-corrected chi connectivity index (χ1v) is 12.8. The van der Waals surface area contributed by atoms with Gasteiger partial charge in [-0.2, -0.15) is 0 Å². The third-order valence-corrected chi connectivity index (χ3v) is 7.02. The molecule has 7 nitrogen and oxygen atoms in total. The number of carboxylic acid groups (broad SMARTS) is 1. The standard InChI is InChI=1S/C25H17Cl4N3O4S/c1-35-21-7-4-16(27)11-17(21)23-30-25(32-31-23)37-22(24(33)34)10-14-9-15(26)3-6-20(14)36-12-13-2-5-18(28)19(29)8-13/h2-11H,12H2,1H3,(H,33,34)(H,30,31,32)/b22-10-. The highest BCUT2D eigenvalue weighted by atomic mass is 35.5. The molecule has 0 unspecified atom stereocenters. The van der Waals surface area contributed by atoms with E-state index in [9.17, 15) is 9.90 Å². The average molecular weight is 597 g/mol. The molecule has 0 aliphatic carbocycles. The second-order valence-corrected chi connectivity index (χ2v) is 10.1. The van der Waals surface area contributed by atoms with Gasteiger partial charge in [0.05, 0.1) is 22.7 Å². The average Bonchev–Trinajstić information content (AvgIpc) is 3.33. The number of benzene rings is 3. The highest BCUT2D eigenvalue weighted by Crippen LogP contribution is 2.34. The summed E-state index contributed by atoms with van der Waals surface area (Å²) < 4.78 is 11.3. The molecule has 12 heteroatoms. The predicted molar refractivity (Wildman–Crippen MR) is 147 cm³/mol. The van der Waals surface area contributed by atoms with Crippen LogP contribution in [0.25, 0.3) is 17.5 Å². The van der Waals surface area contributed by atoms with Crippen LogP contribution in [0.4, 0.5) is 0 Å². The van der Waals surface area contributed by atoms with Gasteiger partial charge in [-0.05, 0) is 71.9 Å². The Morgan fingerprint density at radius 2 is 1.73 bits per heavy atom. The fourth-order valence-corrected chi connectivity index (χ4v) is 4.58.